The van der Waals surface area contributed by atoms with Crippen molar-refractivity contribution in [2.75, 3.05) is 0 Å². The third-order valence-corrected chi connectivity index (χ3v) is 5.17. The maximum absolute atomic E-state index is 13.2. The first-order valence-corrected chi connectivity index (χ1v) is 9.11. The number of nitrogens with zero attached hydrogens (tertiary/aromatic N) is 5. The van der Waals surface area contributed by atoms with Gasteiger partial charge in [-0.2, -0.15) is 4.68 Å². The standard InChI is InChI=1S/C19H16FN5S/c1-12-3-4-13(2)14(9-12)10-26-19-17-18(21-11-22-19)25(24-23-17)16-7-5-15(20)6-8-16/h3-9,11H,10H2,1-2H3. The fourth-order valence-electron chi connectivity index (χ4n) is 2.69. The molecule has 0 saturated carbocycles. The van der Waals surface area contributed by atoms with E-state index in [1.807, 2.05) is 0 Å². The Hall–Kier alpha value is -2.80. The SMILES string of the molecule is Cc1ccc(C)c(CSc2ncnc3c2nnn3-c2ccc(F)cc2)c1. The van der Waals surface area contributed by atoms with Gasteiger partial charge in [-0.1, -0.05) is 40.7 Å². The van der Waals surface area contributed by atoms with Crippen LogP contribution in [0.5, 0.6) is 0 Å². The van der Waals surface area contributed by atoms with Gasteiger partial charge in [-0.05, 0) is 49.2 Å². The lowest BCUT2D eigenvalue weighted by atomic mass is 10.1. The van der Waals surface area contributed by atoms with Crippen molar-refractivity contribution >= 4 is 22.9 Å². The van der Waals surface area contributed by atoms with E-state index in [1.165, 1.54) is 35.2 Å². The topological polar surface area (TPSA) is 56.5 Å². The Morgan fingerprint density at radius 1 is 1.04 bits per heavy atom. The molecule has 0 saturated heterocycles. The molecule has 26 heavy (non-hydrogen) atoms. The monoisotopic (exact) mass is 365 g/mol. The van der Waals surface area contributed by atoms with Crippen LogP contribution in [0.4, 0.5) is 4.39 Å². The normalized spacial score (nSPS) is 11.2. The van der Waals surface area contributed by atoms with Gasteiger partial charge >= 0.3 is 0 Å². The first kappa shape index (κ1) is 16.7. The van der Waals surface area contributed by atoms with Gasteiger partial charge in [0.1, 0.15) is 17.2 Å². The molecule has 5 nitrogen and oxygen atoms in total. The predicted octanol–water partition coefficient (Wildman–Crippen LogP) is 4.26. The third-order valence-electron chi connectivity index (χ3n) is 4.14. The molecule has 2 aromatic heterocycles. The molecule has 4 rings (SSSR count). The van der Waals surface area contributed by atoms with E-state index in [0.29, 0.717) is 16.9 Å². The summed E-state index contributed by atoms with van der Waals surface area (Å²) in [6, 6.07) is 12.5. The van der Waals surface area contributed by atoms with Gasteiger partial charge in [0.05, 0.1) is 5.69 Å². The van der Waals surface area contributed by atoms with E-state index < -0.39 is 0 Å². The van der Waals surface area contributed by atoms with Crippen LogP contribution in [0.3, 0.4) is 0 Å². The molecular formula is C19H16FN5S. The van der Waals surface area contributed by atoms with Gasteiger partial charge in [-0.3, -0.25) is 0 Å². The van der Waals surface area contributed by atoms with E-state index in [1.54, 1.807) is 28.6 Å². The van der Waals surface area contributed by atoms with Gasteiger partial charge < -0.3 is 0 Å². The van der Waals surface area contributed by atoms with Crippen molar-refractivity contribution in [1.29, 1.82) is 0 Å². The Morgan fingerprint density at radius 3 is 2.65 bits per heavy atom. The minimum atomic E-state index is -0.294. The number of aryl methyl sites for hydroxylation is 2. The van der Waals surface area contributed by atoms with Crippen LogP contribution >= 0.6 is 11.8 Å². The number of halogens is 1. The molecule has 2 heterocycles. The molecule has 2 aromatic carbocycles. The van der Waals surface area contributed by atoms with Crippen LogP contribution in [0, 0.1) is 19.7 Å². The van der Waals surface area contributed by atoms with Crippen LogP contribution in [-0.4, -0.2) is 25.0 Å². The van der Waals surface area contributed by atoms with Gasteiger partial charge in [0.25, 0.3) is 0 Å². The molecule has 0 spiro atoms. The summed E-state index contributed by atoms with van der Waals surface area (Å²) in [7, 11) is 0. The van der Waals surface area contributed by atoms with Gasteiger partial charge in [-0.15, -0.1) is 5.10 Å². The van der Waals surface area contributed by atoms with E-state index in [4.69, 9.17) is 0 Å². The van der Waals surface area contributed by atoms with Gasteiger partial charge in [0.2, 0.25) is 0 Å². The van der Waals surface area contributed by atoms with Crippen molar-refractivity contribution in [2.24, 2.45) is 0 Å². The number of fused-ring (bicyclic) bond motifs is 1. The molecule has 0 aliphatic rings. The Labute approximate surface area is 154 Å². The third kappa shape index (κ3) is 3.17. The molecule has 0 atom stereocenters. The minimum Gasteiger partial charge on any atom is -0.227 e. The van der Waals surface area contributed by atoms with Crippen molar-refractivity contribution in [3.8, 4) is 5.69 Å². The van der Waals surface area contributed by atoms with E-state index in [9.17, 15) is 4.39 Å². The van der Waals surface area contributed by atoms with Crippen LogP contribution < -0.4 is 0 Å². The van der Waals surface area contributed by atoms with Gasteiger partial charge in [-0.25, -0.2) is 14.4 Å². The van der Waals surface area contributed by atoms with Crippen molar-refractivity contribution in [3.63, 3.8) is 0 Å². The highest BCUT2D eigenvalue weighted by Gasteiger charge is 2.14. The Morgan fingerprint density at radius 2 is 1.85 bits per heavy atom. The second-order valence-electron chi connectivity index (χ2n) is 6.05. The lowest BCUT2D eigenvalue weighted by molar-refractivity contribution is 0.627. The van der Waals surface area contributed by atoms with Crippen molar-refractivity contribution in [1.82, 2.24) is 25.0 Å². The molecule has 130 valence electrons. The van der Waals surface area contributed by atoms with E-state index in [0.717, 1.165) is 10.8 Å². The summed E-state index contributed by atoms with van der Waals surface area (Å²) in [6.07, 6.45) is 1.51. The number of hydrogen-bond donors (Lipinski definition) is 0. The Kier molecular flexibility index (Phi) is 4.38. The fourth-order valence-corrected chi connectivity index (χ4v) is 3.69. The fraction of sp³-hybridized carbons (Fsp3) is 0.158. The molecule has 4 aromatic rings. The van der Waals surface area contributed by atoms with E-state index in [-0.39, 0.29) is 5.82 Å². The Bertz CT molecular complexity index is 1080. The summed E-state index contributed by atoms with van der Waals surface area (Å²) < 4.78 is 14.8. The summed E-state index contributed by atoms with van der Waals surface area (Å²) >= 11 is 1.61. The smallest absolute Gasteiger partial charge is 0.187 e. The quantitative estimate of drug-likeness (QED) is 0.399. The highest BCUT2D eigenvalue weighted by molar-refractivity contribution is 7.98. The molecule has 0 fully saturated rings. The maximum atomic E-state index is 13.2. The lowest BCUT2D eigenvalue weighted by Gasteiger charge is -2.07. The van der Waals surface area contributed by atoms with Crippen molar-refractivity contribution in [2.45, 2.75) is 24.6 Å². The van der Waals surface area contributed by atoms with E-state index in [2.05, 4.69) is 52.3 Å². The van der Waals surface area contributed by atoms with E-state index >= 15 is 0 Å². The number of benzene rings is 2. The molecule has 0 amide bonds. The van der Waals surface area contributed by atoms with Crippen LogP contribution in [0.15, 0.2) is 53.8 Å². The summed E-state index contributed by atoms with van der Waals surface area (Å²) in [5.41, 5.74) is 5.72. The molecule has 0 unspecified atom stereocenters. The summed E-state index contributed by atoms with van der Waals surface area (Å²) in [5.74, 6) is 0.501. The highest BCUT2D eigenvalue weighted by Crippen LogP contribution is 2.28. The highest BCUT2D eigenvalue weighted by atomic mass is 32.2. The van der Waals surface area contributed by atoms with Gasteiger partial charge in [0, 0.05) is 5.75 Å². The Balaban J connectivity index is 1.66. The number of rotatable bonds is 4. The molecule has 0 N–H and O–H groups in total. The van der Waals surface area contributed by atoms with Crippen molar-refractivity contribution in [3.05, 3.63) is 71.3 Å². The molecular weight excluding hydrogens is 349 g/mol. The predicted molar refractivity (Wildman–Crippen MR) is 99.9 cm³/mol. The molecule has 0 aliphatic heterocycles. The average molecular weight is 365 g/mol. The minimum absolute atomic E-state index is 0.294. The van der Waals surface area contributed by atoms with Gasteiger partial charge in [0.15, 0.2) is 11.2 Å². The zero-order valence-corrected chi connectivity index (χ0v) is 15.2. The summed E-state index contributed by atoms with van der Waals surface area (Å²) in [4.78, 5) is 8.68. The average Bonchev–Trinajstić information content (AvgIpc) is 3.08. The van der Waals surface area contributed by atoms with Crippen LogP contribution in [0.25, 0.3) is 16.9 Å². The first-order chi connectivity index (χ1) is 12.6. The number of aromatic nitrogens is 5. The molecule has 0 radical (unpaired) electrons. The molecule has 0 bridgehead atoms. The van der Waals surface area contributed by atoms with Crippen LogP contribution in [0.2, 0.25) is 0 Å². The lowest BCUT2D eigenvalue weighted by Crippen LogP contribution is -1.98. The summed E-state index contributed by atoms with van der Waals surface area (Å²) in [6.45, 7) is 4.19. The van der Waals surface area contributed by atoms with Crippen LogP contribution in [0.1, 0.15) is 16.7 Å². The second kappa shape index (κ2) is 6.84. The molecule has 7 heteroatoms. The van der Waals surface area contributed by atoms with Crippen LogP contribution in [-0.2, 0) is 5.75 Å². The second-order valence-corrected chi connectivity index (χ2v) is 7.01. The number of thioether (sulfide) groups is 1. The largest absolute Gasteiger partial charge is 0.227 e. The van der Waals surface area contributed by atoms with Crippen molar-refractivity contribution < 1.29 is 4.39 Å². The zero-order valence-electron chi connectivity index (χ0n) is 14.3. The number of hydrogen-bond acceptors (Lipinski definition) is 5. The zero-order chi connectivity index (χ0) is 18.1. The summed E-state index contributed by atoms with van der Waals surface area (Å²) in [5, 5.41) is 9.20. The molecule has 0 aliphatic carbocycles. The maximum Gasteiger partial charge on any atom is 0.187 e. The first-order valence-electron chi connectivity index (χ1n) is 8.13.